The minimum atomic E-state index is -0.604. The normalized spacial score (nSPS) is 12.9. The summed E-state index contributed by atoms with van der Waals surface area (Å²) in [6.07, 6.45) is 1.37. The highest BCUT2D eigenvalue weighted by Crippen LogP contribution is 2.22. The fraction of sp³-hybridized carbons (Fsp3) is 0.545. The van der Waals surface area contributed by atoms with Crippen LogP contribution in [0.25, 0.3) is 0 Å². The highest BCUT2D eigenvalue weighted by molar-refractivity contribution is 7.13. The molecule has 0 unspecified atom stereocenters. The fourth-order valence-electron chi connectivity index (χ4n) is 1.12. The molecule has 18 heavy (non-hydrogen) atoms. The standard InChI is InChI=1S/C11H17N3O3S/c1-6(13-10(16)11(2,3)4)9-12-5-7(18-9)8(15)14-17/h5-6,17H,1-4H3,(H,13,16)(H,14,15)/t6-/m1/s1. The third kappa shape index (κ3) is 3.51. The van der Waals surface area contributed by atoms with Crippen LogP contribution in [0.1, 0.15) is 48.4 Å². The molecule has 1 heterocycles. The van der Waals surface area contributed by atoms with Crippen LogP contribution in [-0.4, -0.2) is 22.0 Å². The van der Waals surface area contributed by atoms with E-state index in [9.17, 15) is 9.59 Å². The van der Waals surface area contributed by atoms with E-state index in [0.717, 1.165) is 11.3 Å². The summed E-state index contributed by atoms with van der Waals surface area (Å²) in [5, 5.41) is 11.9. The van der Waals surface area contributed by atoms with Crippen molar-refractivity contribution in [3.63, 3.8) is 0 Å². The Hall–Kier alpha value is -1.47. The second kappa shape index (κ2) is 5.45. The molecule has 1 atom stereocenters. The number of carbonyl (C=O) groups excluding carboxylic acids is 2. The second-order valence-corrected chi connectivity index (χ2v) is 6.01. The Morgan fingerprint density at radius 1 is 1.44 bits per heavy atom. The van der Waals surface area contributed by atoms with Crippen LogP contribution in [0, 0.1) is 5.41 Å². The predicted molar refractivity (Wildman–Crippen MR) is 67.4 cm³/mol. The molecule has 0 aromatic carbocycles. The van der Waals surface area contributed by atoms with E-state index in [4.69, 9.17) is 5.21 Å². The molecule has 0 aliphatic rings. The molecule has 0 aliphatic carbocycles. The molecule has 0 bridgehead atoms. The Balaban J connectivity index is 2.73. The smallest absolute Gasteiger partial charge is 0.286 e. The summed E-state index contributed by atoms with van der Waals surface area (Å²) in [6.45, 7) is 7.26. The van der Waals surface area contributed by atoms with Gasteiger partial charge < -0.3 is 5.32 Å². The molecule has 1 aromatic rings. The number of thiazole rings is 1. The SMILES string of the molecule is C[C@@H](NC(=O)C(C)(C)C)c1ncc(C(=O)NO)s1. The lowest BCUT2D eigenvalue weighted by molar-refractivity contribution is -0.129. The molecule has 0 saturated heterocycles. The number of nitrogens with one attached hydrogen (secondary N) is 2. The van der Waals surface area contributed by atoms with Crippen molar-refractivity contribution in [3.8, 4) is 0 Å². The molecule has 0 spiro atoms. The molecular formula is C11H17N3O3S. The maximum absolute atomic E-state index is 11.8. The van der Waals surface area contributed by atoms with E-state index in [0.29, 0.717) is 9.88 Å². The van der Waals surface area contributed by atoms with Crippen molar-refractivity contribution in [2.75, 3.05) is 0 Å². The molecule has 7 heteroatoms. The van der Waals surface area contributed by atoms with Crippen LogP contribution in [0.2, 0.25) is 0 Å². The van der Waals surface area contributed by atoms with Crippen molar-refractivity contribution >= 4 is 23.2 Å². The number of amides is 2. The van der Waals surface area contributed by atoms with E-state index in [1.54, 1.807) is 12.4 Å². The van der Waals surface area contributed by atoms with Crippen molar-refractivity contribution in [2.24, 2.45) is 5.41 Å². The molecule has 0 fully saturated rings. The molecule has 6 nitrogen and oxygen atoms in total. The first-order chi connectivity index (χ1) is 8.25. The highest BCUT2D eigenvalue weighted by Gasteiger charge is 2.24. The zero-order chi connectivity index (χ0) is 13.9. The number of carbonyl (C=O) groups is 2. The van der Waals surface area contributed by atoms with Gasteiger partial charge in [0.2, 0.25) is 5.91 Å². The maximum Gasteiger partial charge on any atom is 0.286 e. The Kier molecular flexibility index (Phi) is 4.42. The Morgan fingerprint density at radius 3 is 2.56 bits per heavy atom. The van der Waals surface area contributed by atoms with E-state index < -0.39 is 11.3 Å². The summed E-state index contributed by atoms with van der Waals surface area (Å²) in [5.74, 6) is -0.688. The average Bonchev–Trinajstić information content (AvgIpc) is 2.75. The first-order valence-electron chi connectivity index (χ1n) is 5.47. The van der Waals surface area contributed by atoms with Crippen molar-refractivity contribution in [2.45, 2.75) is 33.7 Å². The Labute approximate surface area is 109 Å². The van der Waals surface area contributed by atoms with E-state index in [-0.39, 0.29) is 11.9 Å². The van der Waals surface area contributed by atoms with Gasteiger partial charge in [-0.05, 0) is 6.92 Å². The van der Waals surface area contributed by atoms with Crippen LogP contribution >= 0.6 is 11.3 Å². The van der Waals surface area contributed by atoms with Gasteiger partial charge in [0.1, 0.15) is 9.88 Å². The zero-order valence-electron chi connectivity index (χ0n) is 10.8. The quantitative estimate of drug-likeness (QED) is 0.573. The van der Waals surface area contributed by atoms with Crippen molar-refractivity contribution in [1.29, 1.82) is 0 Å². The van der Waals surface area contributed by atoms with Crippen LogP contribution in [-0.2, 0) is 4.79 Å². The minimum Gasteiger partial charge on any atom is -0.347 e. The van der Waals surface area contributed by atoms with Gasteiger partial charge in [-0.25, -0.2) is 10.5 Å². The van der Waals surface area contributed by atoms with Crippen molar-refractivity contribution < 1.29 is 14.8 Å². The van der Waals surface area contributed by atoms with Gasteiger partial charge in [0.25, 0.3) is 5.91 Å². The third-order valence-corrected chi connectivity index (χ3v) is 3.43. The highest BCUT2D eigenvalue weighted by atomic mass is 32.1. The Bertz CT molecular complexity index is 451. The molecule has 0 radical (unpaired) electrons. The summed E-state index contributed by atoms with van der Waals surface area (Å²) in [5.41, 5.74) is 1.07. The summed E-state index contributed by atoms with van der Waals surface area (Å²) < 4.78 is 0. The van der Waals surface area contributed by atoms with Crippen LogP contribution in [0.5, 0.6) is 0 Å². The number of hydrogen-bond donors (Lipinski definition) is 3. The van der Waals surface area contributed by atoms with Gasteiger partial charge in [-0.15, -0.1) is 11.3 Å². The summed E-state index contributed by atoms with van der Waals surface area (Å²) in [6, 6.07) is -0.276. The number of hydrogen-bond acceptors (Lipinski definition) is 5. The van der Waals surface area contributed by atoms with Crippen LogP contribution in [0.4, 0.5) is 0 Å². The van der Waals surface area contributed by atoms with E-state index in [1.807, 2.05) is 20.8 Å². The number of rotatable bonds is 3. The largest absolute Gasteiger partial charge is 0.347 e. The first kappa shape index (κ1) is 14.6. The number of aromatic nitrogens is 1. The fourth-order valence-corrected chi connectivity index (χ4v) is 1.93. The van der Waals surface area contributed by atoms with Crippen molar-refractivity contribution in [3.05, 3.63) is 16.1 Å². The second-order valence-electron chi connectivity index (χ2n) is 4.95. The number of hydroxylamine groups is 1. The topological polar surface area (TPSA) is 91.3 Å². The lowest BCUT2D eigenvalue weighted by Crippen LogP contribution is -2.36. The molecule has 2 amide bonds. The van der Waals surface area contributed by atoms with E-state index in [1.165, 1.54) is 6.20 Å². The molecule has 0 saturated carbocycles. The molecular weight excluding hydrogens is 254 g/mol. The van der Waals surface area contributed by atoms with E-state index in [2.05, 4.69) is 10.3 Å². The van der Waals surface area contributed by atoms with Crippen molar-refractivity contribution in [1.82, 2.24) is 15.8 Å². The van der Waals surface area contributed by atoms with Crippen LogP contribution < -0.4 is 10.8 Å². The van der Waals surface area contributed by atoms with E-state index >= 15 is 0 Å². The lowest BCUT2D eigenvalue weighted by atomic mass is 9.95. The van der Waals surface area contributed by atoms with Gasteiger partial charge in [-0.2, -0.15) is 0 Å². The van der Waals surface area contributed by atoms with Gasteiger partial charge in [0, 0.05) is 5.41 Å². The van der Waals surface area contributed by atoms with Gasteiger partial charge in [0.05, 0.1) is 12.2 Å². The van der Waals surface area contributed by atoms with Gasteiger partial charge >= 0.3 is 0 Å². The molecule has 3 N–H and O–H groups in total. The average molecular weight is 271 g/mol. The molecule has 100 valence electrons. The van der Waals surface area contributed by atoms with Crippen LogP contribution in [0.3, 0.4) is 0 Å². The lowest BCUT2D eigenvalue weighted by Gasteiger charge is -2.20. The zero-order valence-corrected chi connectivity index (χ0v) is 11.6. The number of nitrogens with zero attached hydrogens (tertiary/aromatic N) is 1. The Morgan fingerprint density at radius 2 is 2.06 bits per heavy atom. The van der Waals surface area contributed by atoms with Gasteiger partial charge in [-0.3, -0.25) is 14.8 Å². The molecule has 1 rings (SSSR count). The van der Waals surface area contributed by atoms with Crippen LogP contribution in [0.15, 0.2) is 6.20 Å². The predicted octanol–water partition coefficient (Wildman–Crippen LogP) is 1.49. The first-order valence-corrected chi connectivity index (χ1v) is 6.28. The van der Waals surface area contributed by atoms with Gasteiger partial charge in [0.15, 0.2) is 0 Å². The molecule has 1 aromatic heterocycles. The minimum absolute atomic E-state index is 0.0849. The summed E-state index contributed by atoms with van der Waals surface area (Å²) >= 11 is 1.13. The summed E-state index contributed by atoms with van der Waals surface area (Å²) in [4.78, 5) is 27.3. The monoisotopic (exact) mass is 271 g/mol. The maximum atomic E-state index is 11.8. The summed E-state index contributed by atoms with van der Waals surface area (Å²) in [7, 11) is 0. The third-order valence-electron chi connectivity index (χ3n) is 2.25. The molecule has 0 aliphatic heterocycles. The van der Waals surface area contributed by atoms with Gasteiger partial charge in [-0.1, -0.05) is 20.8 Å².